The van der Waals surface area contributed by atoms with Gasteiger partial charge < -0.3 is 10.2 Å². The van der Waals surface area contributed by atoms with Crippen LogP contribution in [0.1, 0.15) is 62.3 Å². The Balaban J connectivity index is 1.60. The summed E-state index contributed by atoms with van der Waals surface area (Å²) in [5.41, 5.74) is 1.50. The van der Waals surface area contributed by atoms with Crippen molar-refractivity contribution in [2.24, 2.45) is 5.92 Å². The standard InChI is InChI=1S/C19H25F3N6O2/c1-10(2)12-7-16(19(20,21)22)28-17(23-12)8-14(24-28)15-5-4-6-27(15)18(29)9-13-11(3)25-30-26-13/h8,10,12,15-16,23H,4-7,9H2,1-3H3/t12-,15?,16+/m0/s1. The van der Waals surface area contributed by atoms with Crippen LogP contribution in [-0.2, 0) is 11.2 Å². The van der Waals surface area contributed by atoms with Crippen LogP contribution in [0.5, 0.6) is 0 Å². The van der Waals surface area contributed by atoms with E-state index in [9.17, 15) is 18.0 Å². The van der Waals surface area contributed by atoms with Crippen LogP contribution in [0, 0.1) is 12.8 Å². The molecular weight excluding hydrogens is 401 g/mol. The molecule has 0 bridgehead atoms. The van der Waals surface area contributed by atoms with Crippen molar-refractivity contribution in [1.29, 1.82) is 0 Å². The summed E-state index contributed by atoms with van der Waals surface area (Å²) in [6.45, 7) is 6.03. The number of alkyl halides is 3. The van der Waals surface area contributed by atoms with Crippen molar-refractivity contribution in [3.8, 4) is 0 Å². The van der Waals surface area contributed by atoms with Gasteiger partial charge in [-0.3, -0.25) is 4.79 Å². The van der Waals surface area contributed by atoms with Crippen LogP contribution in [0.25, 0.3) is 0 Å². The first kappa shape index (κ1) is 20.7. The normalized spacial score (nSPS) is 24.2. The summed E-state index contributed by atoms with van der Waals surface area (Å²) >= 11 is 0. The van der Waals surface area contributed by atoms with Crippen molar-refractivity contribution in [1.82, 2.24) is 25.0 Å². The fourth-order valence-corrected chi connectivity index (χ4v) is 4.25. The lowest BCUT2D eigenvalue weighted by Gasteiger charge is -2.35. The minimum Gasteiger partial charge on any atom is -0.367 e. The van der Waals surface area contributed by atoms with Crippen LogP contribution in [0.4, 0.5) is 19.0 Å². The molecule has 3 atom stereocenters. The van der Waals surface area contributed by atoms with Crippen LogP contribution in [0.3, 0.4) is 0 Å². The van der Waals surface area contributed by atoms with Gasteiger partial charge in [0.2, 0.25) is 5.91 Å². The van der Waals surface area contributed by atoms with Crippen molar-refractivity contribution in [3.63, 3.8) is 0 Å². The highest BCUT2D eigenvalue weighted by Gasteiger charge is 2.47. The van der Waals surface area contributed by atoms with E-state index in [0.717, 1.165) is 11.1 Å². The highest BCUT2D eigenvalue weighted by atomic mass is 19.4. The number of anilines is 1. The second-order valence-electron chi connectivity index (χ2n) is 8.41. The SMILES string of the molecule is Cc1nonc1CC(=O)N1CCCC1c1cc2n(n1)[C@@H](C(F)(F)F)C[C@@H](C(C)C)N2. The van der Waals surface area contributed by atoms with Crippen molar-refractivity contribution in [2.75, 3.05) is 11.9 Å². The molecule has 0 saturated carbocycles. The number of amides is 1. The summed E-state index contributed by atoms with van der Waals surface area (Å²) in [6, 6.07) is -0.669. The molecule has 2 aromatic rings. The Bertz CT molecular complexity index is 922. The quantitative estimate of drug-likeness (QED) is 0.806. The molecule has 0 spiro atoms. The Morgan fingerprint density at radius 2 is 2.13 bits per heavy atom. The third-order valence-electron chi connectivity index (χ3n) is 6.02. The molecule has 164 valence electrons. The highest BCUT2D eigenvalue weighted by Crippen LogP contribution is 2.42. The first-order valence-corrected chi connectivity index (χ1v) is 10.2. The van der Waals surface area contributed by atoms with E-state index in [2.05, 4.69) is 25.4 Å². The maximum Gasteiger partial charge on any atom is 0.410 e. The summed E-state index contributed by atoms with van der Waals surface area (Å²) in [7, 11) is 0. The van der Waals surface area contributed by atoms with Gasteiger partial charge in [0.15, 0.2) is 6.04 Å². The van der Waals surface area contributed by atoms with Gasteiger partial charge in [-0.15, -0.1) is 0 Å². The smallest absolute Gasteiger partial charge is 0.367 e. The number of rotatable bonds is 4. The highest BCUT2D eigenvalue weighted by molar-refractivity contribution is 5.79. The molecule has 1 unspecified atom stereocenters. The fourth-order valence-electron chi connectivity index (χ4n) is 4.25. The molecule has 30 heavy (non-hydrogen) atoms. The number of aromatic nitrogens is 4. The Morgan fingerprint density at radius 3 is 2.77 bits per heavy atom. The predicted molar refractivity (Wildman–Crippen MR) is 101 cm³/mol. The van der Waals surface area contributed by atoms with E-state index < -0.39 is 12.2 Å². The summed E-state index contributed by atoms with van der Waals surface area (Å²) in [6.07, 6.45) is -3.00. The Morgan fingerprint density at radius 1 is 1.37 bits per heavy atom. The van der Waals surface area contributed by atoms with Crippen LogP contribution in [0.15, 0.2) is 10.7 Å². The van der Waals surface area contributed by atoms with Gasteiger partial charge >= 0.3 is 6.18 Å². The number of carbonyl (C=O) groups is 1. The number of nitrogens with one attached hydrogen (secondary N) is 1. The lowest BCUT2D eigenvalue weighted by Crippen LogP contribution is -2.41. The number of fused-ring (bicyclic) bond motifs is 1. The minimum absolute atomic E-state index is 0.0399. The monoisotopic (exact) mass is 426 g/mol. The molecule has 0 aromatic carbocycles. The molecule has 11 heteroatoms. The molecule has 8 nitrogen and oxygen atoms in total. The number of halogens is 3. The number of hydrogen-bond donors (Lipinski definition) is 1. The van der Waals surface area contributed by atoms with E-state index in [-0.39, 0.29) is 36.8 Å². The first-order chi connectivity index (χ1) is 14.1. The third kappa shape index (κ3) is 3.77. The largest absolute Gasteiger partial charge is 0.410 e. The summed E-state index contributed by atoms with van der Waals surface area (Å²) in [4.78, 5) is 14.5. The van der Waals surface area contributed by atoms with E-state index in [4.69, 9.17) is 0 Å². The maximum absolute atomic E-state index is 13.7. The number of nitrogens with zero attached hydrogens (tertiary/aromatic N) is 5. The van der Waals surface area contributed by atoms with Gasteiger partial charge in [0, 0.05) is 18.7 Å². The van der Waals surface area contributed by atoms with Gasteiger partial charge in [-0.05, 0) is 32.1 Å². The second-order valence-corrected chi connectivity index (χ2v) is 8.41. The first-order valence-electron chi connectivity index (χ1n) is 10.2. The molecule has 4 heterocycles. The Labute approximate surface area is 171 Å². The molecule has 4 rings (SSSR count). The molecule has 0 radical (unpaired) electrons. The minimum atomic E-state index is -4.39. The van der Waals surface area contributed by atoms with E-state index >= 15 is 0 Å². The summed E-state index contributed by atoms with van der Waals surface area (Å²) in [5.74, 6) is 0.238. The van der Waals surface area contributed by atoms with Gasteiger partial charge in [-0.2, -0.15) is 18.3 Å². The second kappa shape index (κ2) is 7.59. The number of likely N-dealkylation sites (tertiary alicyclic amines) is 1. The van der Waals surface area contributed by atoms with E-state index in [1.807, 2.05) is 13.8 Å². The van der Waals surface area contributed by atoms with E-state index in [1.165, 1.54) is 0 Å². The van der Waals surface area contributed by atoms with Gasteiger partial charge in [0.1, 0.15) is 17.2 Å². The third-order valence-corrected chi connectivity index (χ3v) is 6.02. The lowest BCUT2D eigenvalue weighted by molar-refractivity contribution is -0.174. The number of carbonyl (C=O) groups excluding carboxylic acids is 1. The average molecular weight is 426 g/mol. The topological polar surface area (TPSA) is 89.1 Å². The van der Waals surface area contributed by atoms with E-state index in [0.29, 0.717) is 35.9 Å². The van der Waals surface area contributed by atoms with Gasteiger partial charge in [0.25, 0.3) is 0 Å². The van der Waals surface area contributed by atoms with E-state index in [1.54, 1.807) is 17.9 Å². The van der Waals surface area contributed by atoms with Crippen molar-refractivity contribution < 1.29 is 22.6 Å². The Kier molecular flexibility index (Phi) is 5.23. The summed E-state index contributed by atoms with van der Waals surface area (Å²) in [5, 5.41) is 14.9. The zero-order valence-corrected chi connectivity index (χ0v) is 17.1. The van der Waals surface area contributed by atoms with Crippen LogP contribution < -0.4 is 5.32 Å². The van der Waals surface area contributed by atoms with Gasteiger partial charge in [0.05, 0.1) is 18.2 Å². The molecule has 0 aliphatic carbocycles. The molecule has 2 aromatic heterocycles. The van der Waals surface area contributed by atoms with Crippen LogP contribution in [0.2, 0.25) is 0 Å². The molecule has 2 aliphatic heterocycles. The summed E-state index contributed by atoms with van der Waals surface area (Å²) < 4.78 is 46.9. The maximum atomic E-state index is 13.7. The Hall–Kier alpha value is -2.59. The van der Waals surface area contributed by atoms with Crippen molar-refractivity contribution in [2.45, 2.75) is 70.8 Å². The number of hydrogen-bond acceptors (Lipinski definition) is 6. The van der Waals surface area contributed by atoms with Gasteiger partial charge in [-0.25, -0.2) is 9.31 Å². The van der Waals surface area contributed by atoms with Gasteiger partial charge in [-0.1, -0.05) is 24.2 Å². The van der Waals surface area contributed by atoms with Crippen molar-refractivity contribution in [3.05, 3.63) is 23.1 Å². The molecule has 1 N–H and O–H groups in total. The lowest BCUT2D eigenvalue weighted by atomic mass is 9.94. The molecule has 1 saturated heterocycles. The number of aryl methyl sites for hydroxylation is 1. The average Bonchev–Trinajstić information content (AvgIpc) is 3.38. The zero-order valence-electron chi connectivity index (χ0n) is 17.1. The van der Waals surface area contributed by atoms with Crippen LogP contribution >= 0.6 is 0 Å². The molecule has 2 aliphatic rings. The predicted octanol–water partition coefficient (Wildman–Crippen LogP) is 3.42. The van der Waals surface area contributed by atoms with Crippen molar-refractivity contribution >= 4 is 11.7 Å². The van der Waals surface area contributed by atoms with Crippen LogP contribution in [-0.4, -0.2) is 49.7 Å². The fraction of sp³-hybridized carbons (Fsp3) is 0.684. The molecule has 1 fully saturated rings. The molecular formula is C19H25F3N6O2. The zero-order chi connectivity index (χ0) is 21.6. The molecule has 1 amide bonds.